The standard InChI is InChI=1S/C29H28Cl2N4O3S/c1-21-17-24(22(2)35(21)28-18-25(30)13-14-27(28)31)19-32-33-29(36)20-34(16-15-23-9-5-3-6-10-23)39(37,38)26-11-7-4-8-12-26/h3-14,17-19H,15-16,20H2,1-2H3,(H,33,36)/b32-19+. The van der Waals surface area contributed by atoms with Crippen molar-refractivity contribution in [3.8, 4) is 5.69 Å². The molecule has 0 saturated carbocycles. The molecular weight excluding hydrogens is 555 g/mol. The number of benzene rings is 3. The smallest absolute Gasteiger partial charge is 0.255 e. The van der Waals surface area contributed by atoms with Crippen molar-refractivity contribution in [2.24, 2.45) is 5.10 Å². The number of nitrogens with zero attached hydrogens (tertiary/aromatic N) is 3. The molecule has 0 fully saturated rings. The van der Waals surface area contributed by atoms with E-state index in [1.807, 2.05) is 54.8 Å². The molecule has 0 unspecified atom stereocenters. The van der Waals surface area contributed by atoms with Crippen LogP contribution in [0, 0.1) is 13.8 Å². The summed E-state index contributed by atoms with van der Waals surface area (Å²) in [5, 5.41) is 5.21. The average molecular weight is 584 g/mol. The van der Waals surface area contributed by atoms with Crippen molar-refractivity contribution < 1.29 is 13.2 Å². The molecule has 1 aromatic heterocycles. The molecule has 0 spiro atoms. The molecule has 0 bridgehead atoms. The molecule has 0 radical (unpaired) electrons. The van der Waals surface area contributed by atoms with Gasteiger partial charge in [-0.3, -0.25) is 4.79 Å². The second kappa shape index (κ2) is 12.6. The normalized spacial score (nSPS) is 11.8. The first-order chi connectivity index (χ1) is 18.7. The Labute approximate surface area is 238 Å². The van der Waals surface area contributed by atoms with E-state index in [9.17, 15) is 13.2 Å². The van der Waals surface area contributed by atoms with E-state index in [0.29, 0.717) is 16.5 Å². The highest BCUT2D eigenvalue weighted by Crippen LogP contribution is 2.28. The zero-order valence-corrected chi connectivity index (χ0v) is 23.8. The van der Waals surface area contributed by atoms with Crippen LogP contribution in [0.4, 0.5) is 0 Å². The molecule has 39 heavy (non-hydrogen) atoms. The summed E-state index contributed by atoms with van der Waals surface area (Å²) in [6, 6.07) is 24.8. The first kappa shape index (κ1) is 28.6. The Kier molecular flexibility index (Phi) is 9.24. The summed E-state index contributed by atoms with van der Waals surface area (Å²) in [7, 11) is -3.90. The number of hydrazone groups is 1. The fraction of sp³-hybridized carbons (Fsp3) is 0.172. The SMILES string of the molecule is Cc1cc(/C=N/NC(=O)CN(CCc2ccccc2)S(=O)(=O)c2ccccc2)c(C)n1-c1cc(Cl)ccc1Cl. The highest BCUT2D eigenvalue weighted by atomic mass is 35.5. The number of sulfonamides is 1. The van der Waals surface area contributed by atoms with Gasteiger partial charge in [-0.2, -0.15) is 9.41 Å². The Hall–Kier alpha value is -3.43. The first-order valence-electron chi connectivity index (χ1n) is 12.2. The Morgan fingerprint density at radius 3 is 2.33 bits per heavy atom. The summed E-state index contributed by atoms with van der Waals surface area (Å²) < 4.78 is 29.8. The van der Waals surface area contributed by atoms with Gasteiger partial charge in [-0.1, -0.05) is 71.7 Å². The minimum Gasteiger partial charge on any atom is -0.316 e. The lowest BCUT2D eigenvalue weighted by atomic mass is 10.1. The van der Waals surface area contributed by atoms with Crippen LogP contribution in [0.1, 0.15) is 22.5 Å². The van der Waals surface area contributed by atoms with E-state index in [1.165, 1.54) is 22.7 Å². The number of hydrogen-bond donors (Lipinski definition) is 1. The number of aromatic nitrogens is 1. The molecule has 0 atom stereocenters. The monoisotopic (exact) mass is 582 g/mol. The Morgan fingerprint density at radius 2 is 1.64 bits per heavy atom. The maximum absolute atomic E-state index is 13.3. The molecule has 1 N–H and O–H groups in total. The third-order valence-corrected chi connectivity index (χ3v) is 8.62. The molecule has 4 rings (SSSR count). The van der Waals surface area contributed by atoms with Gasteiger partial charge in [0.1, 0.15) is 0 Å². The van der Waals surface area contributed by atoms with Crippen LogP contribution in [-0.2, 0) is 21.2 Å². The summed E-state index contributed by atoms with van der Waals surface area (Å²) in [4.78, 5) is 13.0. The van der Waals surface area contributed by atoms with Gasteiger partial charge in [0, 0.05) is 28.5 Å². The van der Waals surface area contributed by atoms with Gasteiger partial charge >= 0.3 is 0 Å². The second-order valence-electron chi connectivity index (χ2n) is 8.94. The van der Waals surface area contributed by atoms with Crippen molar-refractivity contribution in [3.05, 3.63) is 117 Å². The fourth-order valence-corrected chi connectivity index (χ4v) is 6.03. The van der Waals surface area contributed by atoms with Gasteiger partial charge < -0.3 is 4.57 Å². The maximum atomic E-state index is 13.3. The molecule has 0 aliphatic carbocycles. The molecular formula is C29H28Cl2N4O3S. The van der Waals surface area contributed by atoms with Crippen molar-refractivity contribution in [1.29, 1.82) is 0 Å². The van der Waals surface area contributed by atoms with Gasteiger partial charge in [0.05, 0.1) is 28.4 Å². The van der Waals surface area contributed by atoms with Crippen LogP contribution >= 0.6 is 23.2 Å². The molecule has 3 aromatic carbocycles. The number of hydrogen-bond acceptors (Lipinski definition) is 4. The minimum atomic E-state index is -3.90. The average Bonchev–Trinajstić information content (AvgIpc) is 3.21. The molecule has 4 aromatic rings. The minimum absolute atomic E-state index is 0.126. The van der Waals surface area contributed by atoms with E-state index < -0.39 is 15.9 Å². The van der Waals surface area contributed by atoms with Crippen LogP contribution in [0.25, 0.3) is 5.69 Å². The van der Waals surface area contributed by atoms with Crippen LogP contribution in [0.3, 0.4) is 0 Å². The van der Waals surface area contributed by atoms with Crippen molar-refractivity contribution in [1.82, 2.24) is 14.3 Å². The lowest BCUT2D eigenvalue weighted by Gasteiger charge is -2.21. The van der Waals surface area contributed by atoms with Crippen molar-refractivity contribution in [2.75, 3.05) is 13.1 Å². The van der Waals surface area contributed by atoms with E-state index in [-0.39, 0.29) is 18.0 Å². The highest BCUT2D eigenvalue weighted by Gasteiger charge is 2.26. The number of carbonyl (C=O) groups is 1. The number of aryl methyl sites for hydroxylation is 1. The molecule has 1 heterocycles. The number of amides is 1. The number of nitrogens with one attached hydrogen (secondary N) is 1. The van der Waals surface area contributed by atoms with Crippen molar-refractivity contribution in [2.45, 2.75) is 25.2 Å². The lowest BCUT2D eigenvalue weighted by Crippen LogP contribution is -2.40. The van der Waals surface area contributed by atoms with Gasteiger partial charge in [-0.25, -0.2) is 13.8 Å². The van der Waals surface area contributed by atoms with E-state index in [4.69, 9.17) is 23.2 Å². The molecule has 0 saturated heterocycles. The van der Waals surface area contributed by atoms with Gasteiger partial charge in [0.15, 0.2) is 0 Å². The highest BCUT2D eigenvalue weighted by molar-refractivity contribution is 7.89. The summed E-state index contributed by atoms with van der Waals surface area (Å²) in [6.07, 6.45) is 1.98. The first-order valence-corrected chi connectivity index (χ1v) is 14.4. The predicted octanol–water partition coefficient (Wildman–Crippen LogP) is 5.78. The molecule has 0 aliphatic rings. The quantitative estimate of drug-likeness (QED) is 0.190. The van der Waals surface area contributed by atoms with Gasteiger partial charge in [-0.15, -0.1) is 0 Å². The molecule has 0 aliphatic heterocycles. The van der Waals surface area contributed by atoms with Gasteiger partial charge in [0.2, 0.25) is 10.0 Å². The van der Waals surface area contributed by atoms with E-state index in [0.717, 1.165) is 28.2 Å². The Bertz CT molecular complexity index is 1590. The summed E-state index contributed by atoms with van der Waals surface area (Å²) in [6.45, 7) is 3.60. The predicted molar refractivity (Wildman–Crippen MR) is 156 cm³/mol. The number of halogens is 2. The number of rotatable bonds is 10. The zero-order valence-electron chi connectivity index (χ0n) is 21.5. The van der Waals surface area contributed by atoms with Crippen LogP contribution in [0.15, 0.2) is 94.9 Å². The van der Waals surface area contributed by atoms with Crippen LogP contribution < -0.4 is 5.43 Å². The second-order valence-corrected chi connectivity index (χ2v) is 11.7. The van der Waals surface area contributed by atoms with Crippen molar-refractivity contribution >= 4 is 45.3 Å². The number of carbonyl (C=O) groups excluding carboxylic acids is 1. The fourth-order valence-electron chi connectivity index (χ4n) is 4.24. The topological polar surface area (TPSA) is 83.8 Å². The largest absolute Gasteiger partial charge is 0.316 e. The van der Waals surface area contributed by atoms with Crippen LogP contribution in [-0.4, -0.2) is 42.5 Å². The van der Waals surface area contributed by atoms with E-state index >= 15 is 0 Å². The van der Waals surface area contributed by atoms with E-state index in [1.54, 1.807) is 36.4 Å². The van der Waals surface area contributed by atoms with Gasteiger partial charge in [-0.05, 0) is 62.2 Å². The van der Waals surface area contributed by atoms with Crippen LogP contribution in [0.5, 0.6) is 0 Å². The molecule has 10 heteroatoms. The summed E-state index contributed by atoms with van der Waals surface area (Å²) >= 11 is 12.6. The van der Waals surface area contributed by atoms with Gasteiger partial charge in [0.25, 0.3) is 5.91 Å². The molecule has 7 nitrogen and oxygen atoms in total. The van der Waals surface area contributed by atoms with E-state index in [2.05, 4.69) is 10.5 Å². The third-order valence-electron chi connectivity index (χ3n) is 6.21. The van der Waals surface area contributed by atoms with Crippen LogP contribution in [0.2, 0.25) is 10.0 Å². The third kappa shape index (κ3) is 6.96. The summed E-state index contributed by atoms with van der Waals surface area (Å²) in [5.74, 6) is -0.550. The molecule has 1 amide bonds. The zero-order chi connectivity index (χ0) is 28.0. The summed E-state index contributed by atoms with van der Waals surface area (Å²) in [5.41, 5.74) is 6.70. The molecule has 202 valence electrons. The maximum Gasteiger partial charge on any atom is 0.255 e. The Balaban J connectivity index is 1.49. The lowest BCUT2D eigenvalue weighted by molar-refractivity contribution is -0.121. The Morgan fingerprint density at radius 1 is 0.974 bits per heavy atom. The van der Waals surface area contributed by atoms with Crippen molar-refractivity contribution in [3.63, 3.8) is 0 Å².